The fourth-order valence-corrected chi connectivity index (χ4v) is 3.00. The van der Waals surface area contributed by atoms with Gasteiger partial charge in [0, 0.05) is 51.5 Å². The summed E-state index contributed by atoms with van der Waals surface area (Å²) in [7, 11) is 1.86. The molecule has 0 amide bonds. The lowest BCUT2D eigenvalue weighted by Crippen LogP contribution is -2.41. The third-order valence-corrected chi connectivity index (χ3v) is 4.18. The molecule has 6 heteroatoms. The number of aromatic nitrogens is 2. The summed E-state index contributed by atoms with van der Waals surface area (Å²) in [5.41, 5.74) is 1.43. The predicted molar refractivity (Wildman–Crippen MR) is 104 cm³/mol. The van der Waals surface area contributed by atoms with E-state index in [4.69, 9.17) is 0 Å². The Labute approximate surface area is 154 Å². The smallest absolute Gasteiger partial charge is 0.193 e. The van der Waals surface area contributed by atoms with E-state index < -0.39 is 0 Å². The van der Waals surface area contributed by atoms with Crippen molar-refractivity contribution in [1.29, 1.82) is 0 Å². The largest absolute Gasteiger partial charge is 0.354 e. The highest BCUT2D eigenvalue weighted by atomic mass is 127. The molecule has 0 spiro atoms. The number of hydrogen-bond donors (Lipinski definition) is 1. The maximum Gasteiger partial charge on any atom is 0.193 e. The van der Waals surface area contributed by atoms with E-state index in [-0.39, 0.29) is 24.0 Å². The van der Waals surface area contributed by atoms with Crippen LogP contribution >= 0.6 is 24.0 Å². The number of nitrogens with zero attached hydrogens (tertiary/aromatic N) is 4. The topological polar surface area (TPSA) is 45.5 Å². The van der Waals surface area contributed by atoms with Gasteiger partial charge in [0.2, 0.25) is 0 Å². The van der Waals surface area contributed by atoms with Gasteiger partial charge in [-0.3, -0.25) is 4.99 Å². The quantitative estimate of drug-likeness (QED) is 0.466. The Morgan fingerprint density at radius 2 is 2.17 bits per heavy atom. The lowest BCUT2D eigenvalue weighted by atomic mass is 9.99. The van der Waals surface area contributed by atoms with Crippen molar-refractivity contribution < 1.29 is 0 Å². The van der Waals surface area contributed by atoms with Crippen molar-refractivity contribution in [3.8, 4) is 0 Å². The molecule has 2 aromatic rings. The van der Waals surface area contributed by atoms with Gasteiger partial charge in [-0.1, -0.05) is 30.3 Å². The Hall–Kier alpha value is -1.57. The zero-order valence-electron chi connectivity index (χ0n) is 13.4. The molecule has 1 saturated heterocycles. The average Bonchev–Trinajstić information content (AvgIpc) is 3.24. The number of likely N-dealkylation sites (tertiary alicyclic amines) is 1. The van der Waals surface area contributed by atoms with E-state index in [0.29, 0.717) is 5.92 Å². The second-order valence-electron chi connectivity index (χ2n) is 5.62. The maximum atomic E-state index is 4.42. The summed E-state index contributed by atoms with van der Waals surface area (Å²) in [5, 5.41) is 3.45. The third-order valence-electron chi connectivity index (χ3n) is 4.18. The summed E-state index contributed by atoms with van der Waals surface area (Å²) < 4.78 is 2.07. The van der Waals surface area contributed by atoms with Crippen molar-refractivity contribution in [2.45, 2.75) is 18.9 Å². The zero-order valence-corrected chi connectivity index (χ0v) is 15.8. The molecule has 1 N–H and O–H groups in total. The Kier molecular flexibility index (Phi) is 6.88. The Morgan fingerprint density at radius 3 is 2.87 bits per heavy atom. The van der Waals surface area contributed by atoms with Gasteiger partial charge in [-0.05, 0) is 12.0 Å². The first-order valence-corrected chi connectivity index (χ1v) is 7.83. The molecule has 0 aliphatic carbocycles. The minimum absolute atomic E-state index is 0. The molecule has 5 nitrogen and oxygen atoms in total. The maximum absolute atomic E-state index is 4.42. The summed E-state index contributed by atoms with van der Waals surface area (Å²) in [4.78, 5) is 10.8. The van der Waals surface area contributed by atoms with Gasteiger partial charge in [-0.25, -0.2) is 4.98 Å². The van der Waals surface area contributed by atoms with Crippen LogP contribution in [0, 0.1) is 0 Å². The molecule has 1 aliphatic rings. The molecule has 1 aromatic heterocycles. The van der Waals surface area contributed by atoms with Crippen LogP contribution in [0.1, 0.15) is 17.9 Å². The van der Waals surface area contributed by atoms with E-state index >= 15 is 0 Å². The fourth-order valence-electron chi connectivity index (χ4n) is 3.00. The summed E-state index contributed by atoms with van der Waals surface area (Å²) >= 11 is 0. The monoisotopic (exact) mass is 425 g/mol. The molecule has 2 heterocycles. The number of imidazole rings is 1. The first-order valence-electron chi connectivity index (χ1n) is 7.83. The molecule has 3 rings (SSSR count). The first-order chi connectivity index (χ1) is 10.9. The Bertz CT molecular complexity index is 597. The second kappa shape index (κ2) is 8.90. The molecular weight excluding hydrogens is 401 g/mol. The number of halogens is 1. The van der Waals surface area contributed by atoms with Crippen LogP contribution in [0.2, 0.25) is 0 Å². The van der Waals surface area contributed by atoms with E-state index in [0.717, 1.165) is 32.1 Å². The third kappa shape index (κ3) is 4.70. The van der Waals surface area contributed by atoms with Crippen LogP contribution in [-0.4, -0.2) is 47.1 Å². The molecule has 0 bridgehead atoms. The van der Waals surface area contributed by atoms with Crippen LogP contribution in [0.4, 0.5) is 0 Å². The zero-order chi connectivity index (χ0) is 15.2. The number of guanidine groups is 1. The number of rotatable bonds is 4. The van der Waals surface area contributed by atoms with Gasteiger partial charge in [0.15, 0.2) is 5.96 Å². The minimum atomic E-state index is 0. The summed E-state index contributed by atoms with van der Waals surface area (Å²) in [6.07, 6.45) is 6.81. The fraction of sp³-hybridized carbons (Fsp3) is 0.412. The van der Waals surface area contributed by atoms with Crippen molar-refractivity contribution in [1.82, 2.24) is 19.8 Å². The molecular formula is C17H24IN5. The molecule has 1 fully saturated rings. The molecule has 1 unspecified atom stereocenters. The number of nitrogens with one attached hydrogen (secondary N) is 1. The highest BCUT2D eigenvalue weighted by molar-refractivity contribution is 14.0. The van der Waals surface area contributed by atoms with Crippen LogP contribution in [0.5, 0.6) is 0 Å². The molecule has 23 heavy (non-hydrogen) atoms. The molecule has 1 aromatic carbocycles. The van der Waals surface area contributed by atoms with Gasteiger partial charge in [0.1, 0.15) is 0 Å². The van der Waals surface area contributed by atoms with Crippen LogP contribution in [0.3, 0.4) is 0 Å². The Balaban J connectivity index is 0.00000192. The van der Waals surface area contributed by atoms with Crippen LogP contribution in [0.25, 0.3) is 0 Å². The first kappa shape index (κ1) is 17.8. The molecule has 0 radical (unpaired) electrons. The highest BCUT2D eigenvalue weighted by Crippen LogP contribution is 2.26. The summed E-state index contributed by atoms with van der Waals surface area (Å²) in [6.45, 7) is 3.85. The van der Waals surface area contributed by atoms with Crippen molar-refractivity contribution in [3.63, 3.8) is 0 Å². The summed E-state index contributed by atoms with van der Waals surface area (Å²) in [6, 6.07) is 10.8. The number of aliphatic imine (C=N–C) groups is 1. The van der Waals surface area contributed by atoms with Crippen LogP contribution in [0.15, 0.2) is 54.0 Å². The van der Waals surface area contributed by atoms with Crippen molar-refractivity contribution in [2.24, 2.45) is 4.99 Å². The molecule has 124 valence electrons. The van der Waals surface area contributed by atoms with Gasteiger partial charge in [0.05, 0.1) is 6.33 Å². The lowest BCUT2D eigenvalue weighted by Gasteiger charge is -2.22. The van der Waals surface area contributed by atoms with Crippen LogP contribution in [-0.2, 0) is 6.54 Å². The molecule has 1 atom stereocenters. The number of hydrogen-bond acceptors (Lipinski definition) is 2. The van der Waals surface area contributed by atoms with E-state index in [1.807, 2.05) is 19.6 Å². The van der Waals surface area contributed by atoms with Crippen molar-refractivity contribution in [3.05, 3.63) is 54.6 Å². The number of benzene rings is 1. The molecule has 0 saturated carbocycles. The van der Waals surface area contributed by atoms with Gasteiger partial charge in [-0.15, -0.1) is 24.0 Å². The Morgan fingerprint density at radius 1 is 1.35 bits per heavy atom. The van der Waals surface area contributed by atoms with Crippen molar-refractivity contribution >= 4 is 29.9 Å². The van der Waals surface area contributed by atoms with E-state index in [9.17, 15) is 0 Å². The SMILES string of the molecule is CN=C(NCCn1ccnc1)N1CCC(c2ccccc2)C1.I. The van der Waals surface area contributed by atoms with Crippen LogP contribution < -0.4 is 5.32 Å². The van der Waals surface area contributed by atoms with E-state index in [1.165, 1.54) is 12.0 Å². The molecule has 1 aliphatic heterocycles. The average molecular weight is 425 g/mol. The minimum Gasteiger partial charge on any atom is -0.354 e. The summed E-state index contributed by atoms with van der Waals surface area (Å²) in [5.74, 6) is 1.60. The van der Waals surface area contributed by atoms with E-state index in [2.05, 4.69) is 55.1 Å². The van der Waals surface area contributed by atoms with Gasteiger partial charge < -0.3 is 14.8 Å². The van der Waals surface area contributed by atoms with Gasteiger partial charge in [-0.2, -0.15) is 0 Å². The van der Waals surface area contributed by atoms with E-state index in [1.54, 1.807) is 6.20 Å². The standard InChI is InChI=1S/C17H23N5.HI/c1-18-17(20-9-12-21-11-8-19-14-21)22-10-7-16(13-22)15-5-3-2-4-6-15;/h2-6,8,11,14,16H,7,9-10,12-13H2,1H3,(H,18,20);1H. The highest BCUT2D eigenvalue weighted by Gasteiger charge is 2.25. The second-order valence-corrected chi connectivity index (χ2v) is 5.62. The normalized spacial score (nSPS) is 17.9. The van der Waals surface area contributed by atoms with Gasteiger partial charge in [0.25, 0.3) is 0 Å². The van der Waals surface area contributed by atoms with Crippen molar-refractivity contribution in [2.75, 3.05) is 26.7 Å². The lowest BCUT2D eigenvalue weighted by molar-refractivity contribution is 0.482. The van der Waals surface area contributed by atoms with Gasteiger partial charge >= 0.3 is 0 Å². The predicted octanol–water partition coefficient (Wildman–Crippen LogP) is 2.57.